The summed E-state index contributed by atoms with van der Waals surface area (Å²) in [5, 5.41) is 20.2. The summed E-state index contributed by atoms with van der Waals surface area (Å²) in [7, 11) is -2.86. The maximum absolute atomic E-state index is 12.6. The third kappa shape index (κ3) is 4.45. The molecular formula is C19H14N4O6S. The summed E-state index contributed by atoms with van der Waals surface area (Å²) in [5.74, 6) is 0.409. The second kappa shape index (κ2) is 8.46. The van der Waals surface area contributed by atoms with Gasteiger partial charge in [-0.1, -0.05) is 12.1 Å². The molecule has 0 aliphatic carbocycles. The number of aromatic nitrogens is 1. The van der Waals surface area contributed by atoms with Crippen molar-refractivity contribution in [3.05, 3.63) is 76.5 Å². The van der Waals surface area contributed by atoms with E-state index in [4.69, 9.17) is 14.7 Å². The van der Waals surface area contributed by atoms with Gasteiger partial charge in [-0.05, 0) is 30.3 Å². The Morgan fingerprint density at radius 3 is 2.53 bits per heavy atom. The molecule has 3 aromatic rings. The van der Waals surface area contributed by atoms with Gasteiger partial charge in [0.1, 0.15) is 11.8 Å². The summed E-state index contributed by atoms with van der Waals surface area (Å²) in [6.45, 7) is 0. The van der Waals surface area contributed by atoms with E-state index in [0.717, 1.165) is 6.07 Å². The molecule has 0 aliphatic heterocycles. The topological polar surface area (TPSA) is 144 Å². The number of nitrogens with zero attached hydrogens (tertiary/aromatic N) is 3. The van der Waals surface area contributed by atoms with E-state index < -0.39 is 20.6 Å². The first-order chi connectivity index (χ1) is 14.3. The first-order valence-corrected chi connectivity index (χ1v) is 9.80. The Kier molecular flexibility index (Phi) is 5.80. The lowest BCUT2D eigenvalue weighted by Crippen LogP contribution is -2.13. The van der Waals surface area contributed by atoms with Crippen LogP contribution < -0.4 is 14.2 Å². The fraction of sp³-hybridized carbons (Fsp3) is 0.0526. The Morgan fingerprint density at radius 2 is 1.90 bits per heavy atom. The minimum absolute atomic E-state index is 0.0558. The van der Waals surface area contributed by atoms with Gasteiger partial charge in [0.15, 0.2) is 5.75 Å². The third-order valence-corrected chi connectivity index (χ3v) is 5.25. The minimum atomic E-state index is -4.11. The zero-order chi connectivity index (χ0) is 21.7. The van der Waals surface area contributed by atoms with Gasteiger partial charge in [-0.25, -0.2) is 13.4 Å². The van der Waals surface area contributed by atoms with Gasteiger partial charge in [0.2, 0.25) is 5.88 Å². The van der Waals surface area contributed by atoms with Crippen LogP contribution in [0.5, 0.6) is 17.4 Å². The maximum Gasteiger partial charge on any atom is 0.312 e. The van der Waals surface area contributed by atoms with Crippen LogP contribution in [0.15, 0.2) is 65.7 Å². The molecule has 2 aromatic carbocycles. The normalized spacial score (nSPS) is 10.7. The van der Waals surface area contributed by atoms with Gasteiger partial charge in [0.05, 0.1) is 34.4 Å². The van der Waals surface area contributed by atoms with Crippen molar-refractivity contribution >= 4 is 21.4 Å². The van der Waals surface area contributed by atoms with E-state index in [-0.39, 0.29) is 22.2 Å². The number of nitro groups is 1. The Balaban J connectivity index is 1.80. The van der Waals surface area contributed by atoms with Crippen LogP contribution in [-0.2, 0) is 10.0 Å². The van der Waals surface area contributed by atoms with Gasteiger partial charge in [-0.2, -0.15) is 5.26 Å². The quantitative estimate of drug-likeness (QED) is 0.447. The molecule has 0 amide bonds. The second-order valence-electron chi connectivity index (χ2n) is 5.79. The molecule has 10 nitrogen and oxygen atoms in total. The molecule has 0 fully saturated rings. The van der Waals surface area contributed by atoms with Crippen molar-refractivity contribution in [3.8, 4) is 23.4 Å². The minimum Gasteiger partial charge on any atom is -0.490 e. The first kappa shape index (κ1) is 20.6. The molecule has 0 bridgehead atoms. The van der Waals surface area contributed by atoms with Gasteiger partial charge >= 0.3 is 5.69 Å². The van der Waals surface area contributed by atoms with Gasteiger partial charge < -0.3 is 9.47 Å². The smallest absolute Gasteiger partial charge is 0.312 e. The molecule has 0 saturated heterocycles. The van der Waals surface area contributed by atoms with E-state index in [9.17, 15) is 18.5 Å². The lowest BCUT2D eigenvalue weighted by molar-refractivity contribution is -0.386. The average Bonchev–Trinajstić information content (AvgIpc) is 2.74. The van der Waals surface area contributed by atoms with Crippen molar-refractivity contribution in [2.24, 2.45) is 0 Å². The van der Waals surface area contributed by atoms with Crippen molar-refractivity contribution in [1.82, 2.24) is 4.98 Å². The van der Waals surface area contributed by atoms with Gasteiger partial charge in [0, 0.05) is 12.1 Å². The second-order valence-corrected chi connectivity index (χ2v) is 7.47. The fourth-order valence-electron chi connectivity index (χ4n) is 2.46. The molecule has 0 unspecified atom stereocenters. The number of sulfonamides is 1. The SMILES string of the molecule is COc1ccc(S(=O)(=O)Nc2ccc(Oc3ccccc3C#N)nc2)cc1[N+](=O)[O-]. The van der Waals surface area contributed by atoms with Crippen LogP contribution in [0, 0.1) is 21.4 Å². The molecule has 11 heteroatoms. The van der Waals surface area contributed by atoms with Crippen LogP contribution in [0.25, 0.3) is 0 Å². The van der Waals surface area contributed by atoms with Crippen molar-refractivity contribution < 1.29 is 22.8 Å². The van der Waals surface area contributed by atoms with E-state index in [2.05, 4.69) is 9.71 Å². The number of nitro benzene ring substituents is 1. The number of methoxy groups -OCH3 is 1. The third-order valence-electron chi connectivity index (χ3n) is 3.87. The molecule has 30 heavy (non-hydrogen) atoms. The lowest BCUT2D eigenvalue weighted by atomic mass is 10.2. The molecule has 3 rings (SSSR count). The van der Waals surface area contributed by atoms with Crippen molar-refractivity contribution in [1.29, 1.82) is 5.26 Å². The monoisotopic (exact) mass is 426 g/mol. The molecule has 0 radical (unpaired) electrons. The molecule has 152 valence electrons. The van der Waals surface area contributed by atoms with Crippen LogP contribution in [0.2, 0.25) is 0 Å². The highest BCUT2D eigenvalue weighted by atomic mass is 32.2. The summed E-state index contributed by atoms with van der Waals surface area (Å²) in [5.41, 5.74) is -0.0297. The van der Waals surface area contributed by atoms with Gasteiger partial charge in [0.25, 0.3) is 10.0 Å². The Hall–Kier alpha value is -4.17. The molecule has 1 aromatic heterocycles. The number of rotatable bonds is 7. The summed E-state index contributed by atoms with van der Waals surface area (Å²) in [6, 6.07) is 14.7. The van der Waals surface area contributed by atoms with Crippen LogP contribution in [0.1, 0.15) is 5.56 Å². The molecule has 1 heterocycles. The Labute approximate surface area is 171 Å². The largest absolute Gasteiger partial charge is 0.490 e. The highest BCUT2D eigenvalue weighted by molar-refractivity contribution is 7.92. The number of anilines is 1. The highest BCUT2D eigenvalue weighted by Crippen LogP contribution is 2.30. The number of nitriles is 1. The molecular weight excluding hydrogens is 412 g/mol. The first-order valence-electron chi connectivity index (χ1n) is 8.32. The lowest BCUT2D eigenvalue weighted by Gasteiger charge is -2.10. The molecule has 1 N–H and O–H groups in total. The van der Waals surface area contributed by atoms with Crippen molar-refractivity contribution in [2.75, 3.05) is 11.8 Å². The zero-order valence-corrected chi connectivity index (χ0v) is 16.3. The number of benzene rings is 2. The van der Waals surface area contributed by atoms with Gasteiger partial charge in [-0.3, -0.25) is 14.8 Å². The van der Waals surface area contributed by atoms with Gasteiger partial charge in [-0.15, -0.1) is 0 Å². The predicted molar refractivity (Wildman–Crippen MR) is 106 cm³/mol. The van der Waals surface area contributed by atoms with Crippen molar-refractivity contribution in [2.45, 2.75) is 4.90 Å². The van der Waals surface area contributed by atoms with E-state index in [0.29, 0.717) is 11.3 Å². The number of nitrogens with one attached hydrogen (secondary N) is 1. The summed E-state index contributed by atoms with van der Waals surface area (Å²) >= 11 is 0. The van der Waals surface area contributed by atoms with Crippen LogP contribution in [0.3, 0.4) is 0 Å². The van der Waals surface area contributed by atoms with Crippen LogP contribution in [0.4, 0.5) is 11.4 Å². The number of para-hydroxylation sites is 1. The molecule has 0 aliphatic rings. The maximum atomic E-state index is 12.6. The molecule has 0 atom stereocenters. The number of hydrogen-bond donors (Lipinski definition) is 1. The Morgan fingerprint density at radius 1 is 1.13 bits per heavy atom. The Bertz CT molecular complexity index is 1240. The van der Waals surface area contributed by atoms with E-state index in [1.807, 2.05) is 6.07 Å². The standard InChI is InChI=1S/C19H14N4O6S/c1-28-18-8-7-15(10-16(18)23(24)25)30(26,27)22-14-6-9-19(21-12-14)29-17-5-3-2-4-13(17)11-20/h2-10,12,22H,1H3. The average molecular weight is 426 g/mol. The van der Waals surface area contributed by atoms with E-state index in [1.54, 1.807) is 24.3 Å². The molecule has 0 spiro atoms. The van der Waals surface area contributed by atoms with Crippen molar-refractivity contribution in [3.63, 3.8) is 0 Å². The number of hydrogen-bond acceptors (Lipinski definition) is 8. The zero-order valence-electron chi connectivity index (χ0n) is 15.5. The summed E-state index contributed by atoms with van der Waals surface area (Å²) in [6.07, 6.45) is 1.22. The van der Waals surface area contributed by atoms with Crippen LogP contribution >= 0.6 is 0 Å². The fourth-order valence-corrected chi connectivity index (χ4v) is 3.52. The number of pyridine rings is 1. The van der Waals surface area contributed by atoms with E-state index in [1.165, 1.54) is 37.6 Å². The highest BCUT2D eigenvalue weighted by Gasteiger charge is 2.22. The van der Waals surface area contributed by atoms with E-state index >= 15 is 0 Å². The predicted octanol–water partition coefficient (Wildman–Crippen LogP) is 3.46. The summed E-state index contributed by atoms with van der Waals surface area (Å²) in [4.78, 5) is 14.1. The number of ether oxygens (including phenoxy) is 2. The van der Waals surface area contributed by atoms with Crippen LogP contribution in [-0.4, -0.2) is 25.4 Å². The summed E-state index contributed by atoms with van der Waals surface area (Å²) < 4.78 is 37.8. The molecule has 0 saturated carbocycles.